The first-order valence-electron chi connectivity index (χ1n) is 7.06. The van der Waals surface area contributed by atoms with E-state index in [0.717, 1.165) is 6.42 Å². The molecule has 0 saturated heterocycles. The lowest BCUT2D eigenvalue weighted by Crippen LogP contribution is -2.02. The molecule has 0 saturated carbocycles. The Kier molecular flexibility index (Phi) is 6.90. The Morgan fingerprint density at radius 3 is 2.47 bits per heavy atom. The van der Waals surface area contributed by atoms with Crippen LogP contribution < -0.4 is 5.73 Å². The average molecular weight is 278 g/mol. The van der Waals surface area contributed by atoms with E-state index < -0.39 is 0 Å². The number of aryl methyl sites for hydroxylation is 1. The highest BCUT2D eigenvalue weighted by atomic mass is 35.5. The molecule has 0 aliphatic carbocycles. The van der Waals surface area contributed by atoms with E-state index in [0.29, 0.717) is 6.54 Å². The molecule has 0 radical (unpaired) electrons. The summed E-state index contributed by atoms with van der Waals surface area (Å²) in [6, 6.07) is 13.0. The molecule has 2 aromatic rings. The summed E-state index contributed by atoms with van der Waals surface area (Å²) in [5.74, 6) is 0. The summed E-state index contributed by atoms with van der Waals surface area (Å²) in [6.45, 7) is 2.90. The van der Waals surface area contributed by atoms with Crippen molar-refractivity contribution in [3.8, 4) is 0 Å². The molecule has 0 amide bonds. The summed E-state index contributed by atoms with van der Waals surface area (Å²) in [4.78, 5) is 0. The van der Waals surface area contributed by atoms with E-state index >= 15 is 0 Å². The van der Waals surface area contributed by atoms with Crippen LogP contribution in [0.15, 0.2) is 36.4 Å². The van der Waals surface area contributed by atoms with Crippen LogP contribution in [0.3, 0.4) is 0 Å². The van der Waals surface area contributed by atoms with Gasteiger partial charge in [0.05, 0.1) is 0 Å². The Bertz CT molecular complexity index is 508. The van der Waals surface area contributed by atoms with Gasteiger partial charge in [0, 0.05) is 6.54 Å². The van der Waals surface area contributed by atoms with Gasteiger partial charge in [-0.05, 0) is 34.7 Å². The normalized spacial score (nSPS) is 10.4. The molecule has 0 aliphatic heterocycles. The quantitative estimate of drug-likeness (QED) is 0.751. The first-order chi connectivity index (χ1) is 8.86. The van der Waals surface area contributed by atoms with Crippen molar-refractivity contribution in [2.75, 3.05) is 0 Å². The molecular weight excluding hydrogens is 254 g/mol. The highest BCUT2D eigenvalue weighted by molar-refractivity contribution is 5.86. The SMILES string of the molecule is CCCCCCc1c(CN)ccc2ccccc12.Cl. The van der Waals surface area contributed by atoms with E-state index in [4.69, 9.17) is 5.73 Å². The van der Waals surface area contributed by atoms with Crippen molar-refractivity contribution in [3.63, 3.8) is 0 Å². The zero-order chi connectivity index (χ0) is 12.8. The minimum atomic E-state index is 0. The molecule has 19 heavy (non-hydrogen) atoms. The standard InChI is InChI=1S/C17H23N.ClH/c1-2-3-4-5-9-17-15(13-18)12-11-14-8-6-7-10-16(14)17;/h6-8,10-12H,2-5,9,13,18H2,1H3;1H. The van der Waals surface area contributed by atoms with Gasteiger partial charge in [-0.2, -0.15) is 0 Å². The van der Waals surface area contributed by atoms with E-state index in [2.05, 4.69) is 43.3 Å². The summed E-state index contributed by atoms with van der Waals surface area (Å²) in [5, 5.41) is 2.72. The van der Waals surface area contributed by atoms with Crippen LogP contribution in [0.1, 0.15) is 43.7 Å². The summed E-state index contributed by atoms with van der Waals surface area (Å²) in [5.41, 5.74) is 8.65. The Morgan fingerprint density at radius 1 is 0.947 bits per heavy atom. The average Bonchev–Trinajstić information content (AvgIpc) is 2.43. The molecule has 0 unspecified atom stereocenters. The van der Waals surface area contributed by atoms with E-state index in [9.17, 15) is 0 Å². The van der Waals surface area contributed by atoms with Crippen LogP contribution in [0.25, 0.3) is 10.8 Å². The number of fused-ring (bicyclic) bond motifs is 1. The molecule has 1 nitrogen and oxygen atoms in total. The molecular formula is C17H24ClN. The van der Waals surface area contributed by atoms with Crippen molar-refractivity contribution in [1.29, 1.82) is 0 Å². The molecule has 0 aromatic heterocycles. The number of rotatable bonds is 6. The minimum absolute atomic E-state index is 0. The fourth-order valence-electron chi connectivity index (χ4n) is 2.60. The molecule has 0 heterocycles. The van der Waals surface area contributed by atoms with Crippen LogP contribution in [0.5, 0.6) is 0 Å². The lowest BCUT2D eigenvalue weighted by Gasteiger charge is -2.12. The second kappa shape index (κ2) is 8.19. The van der Waals surface area contributed by atoms with Crippen LogP contribution >= 0.6 is 12.4 Å². The maximum atomic E-state index is 5.87. The number of halogens is 1. The molecule has 0 fully saturated rings. The molecule has 0 spiro atoms. The van der Waals surface area contributed by atoms with Crippen LogP contribution in [-0.2, 0) is 13.0 Å². The molecule has 2 rings (SSSR count). The van der Waals surface area contributed by atoms with Crippen molar-refractivity contribution in [1.82, 2.24) is 0 Å². The fourth-order valence-corrected chi connectivity index (χ4v) is 2.60. The van der Waals surface area contributed by atoms with Gasteiger partial charge in [0.25, 0.3) is 0 Å². The number of hydrogen-bond acceptors (Lipinski definition) is 1. The van der Waals surface area contributed by atoms with Crippen LogP contribution in [-0.4, -0.2) is 0 Å². The van der Waals surface area contributed by atoms with Crippen LogP contribution in [0.2, 0.25) is 0 Å². The number of hydrogen-bond donors (Lipinski definition) is 1. The smallest absolute Gasteiger partial charge is 0.0181 e. The van der Waals surface area contributed by atoms with E-state index in [1.807, 2.05) is 0 Å². The molecule has 0 aliphatic rings. The van der Waals surface area contributed by atoms with Gasteiger partial charge in [0.15, 0.2) is 0 Å². The Morgan fingerprint density at radius 2 is 1.74 bits per heavy atom. The Hall–Kier alpha value is -1.05. The highest BCUT2D eigenvalue weighted by Gasteiger charge is 2.06. The number of benzene rings is 2. The maximum Gasteiger partial charge on any atom is 0.0181 e. The van der Waals surface area contributed by atoms with Gasteiger partial charge in [0.1, 0.15) is 0 Å². The van der Waals surface area contributed by atoms with Crippen molar-refractivity contribution in [3.05, 3.63) is 47.5 Å². The molecule has 2 aromatic carbocycles. The predicted molar refractivity (Wildman–Crippen MR) is 86.9 cm³/mol. The third-order valence-electron chi connectivity index (χ3n) is 3.64. The van der Waals surface area contributed by atoms with E-state index in [1.54, 1.807) is 0 Å². The lowest BCUT2D eigenvalue weighted by atomic mass is 9.94. The van der Waals surface area contributed by atoms with Gasteiger partial charge < -0.3 is 5.73 Å². The van der Waals surface area contributed by atoms with Gasteiger partial charge in [-0.1, -0.05) is 62.6 Å². The summed E-state index contributed by atoms with van der Waals surface area (Å²) in [7, 11) is 0. The monoisotopic (exact) mass is 277 g/mol. The Balaban J connectivity index is 0.00000180. The van der Waals surface area contributed by atoms with Crippen molar-refractivity contribution in [2.45, 2.75) is 45.6 Å². The second-order valence-electron chi connectivity index (χ2n) is 4.94. The van der Waals surface area contributed by atoms with Gasteiger partial charge in [-0.25, -0.2) is 0 Å². The second-order valence-corrected chi connectivity index (χ2v) is 4.94. The Labute approximate surface area is 122 Å². The summed E-state index contributed by atoms with van der Waals surface area (Å²) in [6.07, 6.45) is 6.38. The summed E-state index contributed by atoms with van der Waals surface area (Å²) < 4.78 is 0. The molecule has 2 N–H and O–H groups in total. The maximum absolute atomic E-state index is 5.87. The molecule has 0 atom stereocenters. The highest BCUT2D eigenvalue weighted by Crippen LogP contribution is 2.24. The molecule has 2 heteroatoms. The van der Waals surface area contributed by atoms with Crippen LogP contribution in [0, 0.1) is 0 Å². The molecule has 0 bridgehead atoms. The lowest BCUT2D eigenvalue weighted by molar-refractivity contribution is 0.666. The molecule has 104 valence electrons. The first-order valence-corrected chi connectivity index (χ1v) is 7.06. The van der Waals surface area contributed by atoms with Crippen molar-refractivity contribution < 1.29 is 0 Å². The third-order valence-corrected chi connectivity index (χ3v) is 3.64. The minimum Gasteiger partial charge on any atom is -0.326 e. The number of nitrogens with two attached hydrogens (primary N) is 1. The van der Waals surface area contributed by atoms with Gasteiger partial charge in [0.2, 0.25) is 0 Å². The van der Waals surface area contributed by atoms with E-state index in [-0.39, 0.29) is 12.4 Å². The predicted octanol–water partition coefficient (Wildman–Crippen LogP) is 4.84. The number of unbranched alkanes of at least 4 members (excludes halogenated alkanes) is 3. The van der Waals surface area contributed by atoms with E-state index in [1.165, 1.54) is 47.6 Å². The fraction of sp³-hybridized carbons (Fsp3) is 0.412. The first kappa shape index (κ1) is 16.0. The zero-order valence-electron chi connectivity index (χ0n) is 11.7. The van der Waals surface area contributed by atoms with Crippen molar-refractivity contribution in [2.24, 2.45) is 5.73 Å². The van der Waals surface area contributed by atoms with Crippen LogP contribution in [0.4, 0.5) is 0 Å². The topological polar surface area (TPSA) is 26.0 Å². The zero-order valence-corrected chi connectivity index (χ0v) is 12.5. The third kappa shape index (κ3) is 3.95. The van der Waals surface area contributed by atoms with Gasteiger partial charge in [-0.3, -0.25) is 0 Å². The largest absolute Gasteiger partial charge is 0.326 e. The van der Waals surface area contributed by atoms with Crippen molar-refractivity contribution >= 4 is 23.2 Å². The summed E-state index contributed by atoms with van der Waals surface area (Å²) >= 11 is 0. The van der Waals surface area contributed by atoms with Gasteiger partial charge in [-0.15, -0.1) is 12.4 Å². The van der Waals surface area contributed by atoms with Gasteiger partial charge >= 0.3 is 0 Å².